The molecule has 13 heavy (non-hydrogen) atoms. The van der Waals surface area contributed by atoms with Crippen LogP contribution in [0.2, 0.25) is 0 Å². The second-order valence-electron chi connectivity index (χ2n) is 2.46. The normalized spacial score (nSPS) is 9.77. The van der Waals surface area contributed by atoms with E-state index in [4.69, 9.17) is 21.1 Å². The van der Waals surface area contributed by atoms with Gasteiger partial charge >= 0.3 is 0 Å². The fourth-order valence-electron chi connectivity index (χ4n) is 1.04. The van der Waals surface area contributed by atoms with E-state index in [0.29, 0.717) is 17.1 Å². The Labute approximate surface area is 81.9 Å². The molecule has 0 amide bonds. The second kappa shape index (κ2) is 4.23. The molecule has 0 spiro atoms. The molecular weight excluding hydrogens is 192 g/mol. The molecular formula is C9H11ClO3. The van der Waals surface area contributed by atoms with E-state index in [0.717, 1.165) is 0 Å². The van der Waals surface area contributed by atoms with Gasteiger partial charge in [0, 0.05) is 12.1 Å². The third kappa shape index (κ3) is 1.98. The molecule has 1 aromatic rings. The number of hydrogen-bond donors (Lipinski definition) is 1. The summed E-state index contributed by atoms with van der Waals surface area (Å²) in [5, 5.41) is 9.49. The molecule has 0 aliphatic heterocycles. The van der Waals surface area contributed by atoms with E-state index in [9.17, 15) is 5.11 Å². The van der Waals surface area contributed by atoms with E-state index < -0.39 is 0 Å². The summed E-state index contributed by atoms with van der Waals surface area (Å²) >= 11 is 5.63. The molecule has 1 aromatic carbocycles. The maximum absolute atomic E-state index is 9.49. The monoisotopic (exact) mass is 202 g/mol. The van der Waals surface area contributed by atoms with Crippen LogP contribution >= 0.6 is 11.6 Å². The highest BCUT2D eigenvalue weighted by molar-refractivity contribution is 6.17. The first-order chi connectivity index (χ1) is 6.22. The van der Waals surface area contributed by atoms with Crippen LogP contribution < -0.4 is 9.47 Å². The molecule has 0 aromatic heterocycles. The number of methoxy groups -OCH3 is 2. The zero-order valence-corrected chi connectivity index (χ0v) is 8.26. The van der Waals surface area contributed by atoms with Gasteiger partial charge in [-0.25, -0.2) is 0 Å². The highest BCUT2D eigenvalue weighted by Crippen LogP contribution is 2.34. The first kappa shape index (κ1) is 9.99. The minimum absolute atomic E-state index is 0.0891. The van der Waals surface area contributed by atoms with Crippen LogP contribution in [0.5, 0.6) is 17.2 Å². The maximum Gasteiger partial charge on any atom is 0.130 e. The summed E-state index contributed by atoms with van der Waals surface area (Å²) in [5.41, 5.74) is 0.574. The number of ether oxygens (including phenoxy) is 2. The van der Waals surface area contributed by atoms with Gasteiger partial charge in [0.05, 0.1) is 25.7 Å². The summed E-state index contributed by atoms with van der Waals surface area (Å²) < 4.78 is 9.99. The molecule has 3 nitrogen and oxygen atoms in total. The molecule has 0 heterocycles. The van der Waals surface area contributed by atoms with Crippen molar-refractivity contribution in [2.24, 2.45) is 0 Å². The summed E-state index contributed by atoms with van der Waals surface area (Å²) in [6.07, 6.45) is 0. The van der Waals surface area contributed by atoms with Crippen molar-refractivity contribution in [3.63, 3.8) is 0 Å². The van der Waals surface area contributed by atoms with Crippen LogP contribution in [-0.4, -0.2) is 19.3 Å². The Kier molecular flexibility index (Phi) is 3.25. The molecule has 1 rings (SSSR count). The second-order valence-corrected chi connectivity index (χ2v) is 2.73. The lowest BCUT2D eigenvalue weighted by atomic mass is 10.2. The lowest BCUT2D eigenvalue weighted by Gasteiger charge is -2.09. The van der Waals surface area contributed by atoms with E-state index >= 15 is 0 Å². The molecule has 0 bridgehead atoms. The van der Waals surface area contributed by atoms with Crippen LogP contribution in [0.25, 0.3) is 0 Å². The first-order valence-electron chi connectivity index (χ1n) is 3.72. The highest BCUT2D eigenvalue weighted by Gasteiger charge is 2.09. The van der Waals surface area contributed by atoms with E-state index in [-0.39, 0.29) is 11.6 Å². The summed E-state index contributed by atoms with van der Waals surface area (Å²) in [7, 11) is 3.04. The van der Waals surface area contributed by atoms with Crippen LogP contribution in [-0.2, 0) is 5.88 Å². The summed E-state index contributed by atoms with van der Waals surface area (Å²) in [4.78, 5) is 0. The Balaban J connectivity index is 3.20. The zero-order chi connectivity index (χ0) is 9.84. The predicted octanol–water partition coefficient (Wildman–Crippen LogP) is 2.15. The summed E-state index contributed by atoms with van der Waals surface area (Å²) in [6, 6.07) is 3.18. The largest absolute Gasteiger partial charge is 0.507 e. The number of aromatic hydroxyl groups is 1. The standard InChI is InChI=1S/C9H11ClO3/c1-12-6-3-8(11)7(5-10)9(4-6)13-2/h3-4,11H,5H2,1-2H3. The SMILES string of the molecule is COc1cc(O)c(CCl)c(OC)c1. The van der Waals surface area contributed by atoms with E-state index in [1.807, 2.05) is 0 Å². The Morgan fingerprint density at radius 1 is 1.31 bits per heavy atom. The quantitative estimate of drug-likeness (QED) is 0.764. The number of phenols is 1. The average molecular weight is 203 g/mol. The Morgan fingerprint density at radius 2 is 2.00 bits per heavy atom. The third-order valence-corrected chi connectivity index (χ3v) is 2.02. The average Bonchev–Trinajstić information content (AvgIpc) is 2.16. The van der Waals surface area contributed by atoms with Crippen molar-refractivity contribution in [2.75, 3.05) is 14.2 Å². The van der Waals surface area contributed by atoms with E-state index in [2.05, 4.69) is 0 Å². The van der Waals surface area contributed by atoms with Gasteiger partial charge < -0.3 is 14.6 Å². The van der Waals surface area contributed by atoms with Crippen molar-refractivity contribution in [2.45, 2.75) is 5.88 Å². The fourth-order valence-corrected chi connectivity index (χ4v) is 1.31. The van der Waals surface area contributed by atoms with Crippen molar-refractivity contribution >= 4 is 11.6 Å². The molecule has 0 atom stereocenters. The van der Waals surface area contributed by atoms with Gasteiger partial charge in [0.25, 0.3) is 0 Å². The fraction of sp³-hybridized carbons (Fsp3) is 0.333. The molecule has 0 fully saturated rings. The van der Waals surface area contributed by atoms with Crippen LogP contribution in [0, 0.1) is 0 Å². The Hall–Kier alpha value is -1.09. The van der Waals surface area contributed by atoms with Gasteiger partial charge in [-0.1, -0.05) is 0 Å². The topological polar surface area (TPSA) is 38.7 Å². The highest BCUT2D eigenvalue weighted by atomic mass is 35.5. The van der Waals surface area contributed by atoms with Crippen LogP contribution in [0.3, 0.4) is 0 Å². The van der Waals surface area contributed by atoms with Gasteiger partial charge in [0.15, 0.2) is 0 Å². The van der Waals surface area contributed by atoms with E-state index in [1.165, 1.54) is 20.3 Å². The lowest BCUT2D eigenvalue weighted by molar-refractivity contribution is 0.381. The van der Waals surface area contributed by atoms with Gasteiger partial charge in [0.1, 0.15) is 17.2 Å². The van der Waals surface area contributed by atoms with Crippen molar-refractivity contribution < 1.29 is 14.6 Å². The van der Waals surface area contributed by atoms with Crippen molar-refractivity contribution in [1.82, 2.24) is 0 Å². The lowest BCUT2D eigenvalue weighted by Crippen LogP contribution is -1.92. The number of halogens is 1. The minimum atomic E-state index is 0.0891. The smallest absolute Gasteiger partial charge is 0.130 e. The van der Waals surface area contributed by atoms with Crippen molar-refractivity contribution in [3.8, 4) is 17.2 Å². The number of phenolic OH excluding ortho intramolecular Hbond substituents is 1. The number of hydrogen-bond acceptors (Lipinski definition) is 3. The van der Waals surface area contributed by atoms with Gasteiger partial charge in [-0.05, 0) is 0 Å². The van der Waals surface area contributed by atoms with Crippen LogP contribution in [0.1, 0.15) is 5.56 Å². The van der Waals surface area contributed by atoms with Gasteiger partial charge in [0.2, 0.25) is 0 Å². The Bertz CT molecular complexity index is 299. The number of rotatable bonds is 3. The molecule has 0 unspecified atom stereocenters. The molecule has 1 N–H and O–H groups in total. The number of alkyl halides is 1. The Morgan fingerprint density at radius 3 is 2.46 bits per heavy atom. The van der Waals surface area contributed by atoms with Gasteiger partial charge in [-0.3, -0.25) is 0 Å². The van der Waals surface area contributed by atoms with Crippen molar-refractivity contribution in [1.29, 1.82) is 0 Å². The van der Waals surface area contributed by atoms with E-state index in [1.54, 1.807) is 6.07 Å². The molecule has 4 heteroatoms. The molecule has 0 saturated carbocycles. The van der Waals surface area contributed by atoms with Crippen LogP contribution in [0.4, 0.5) is 0 Å². The van der Waals surface area contributed by atoms with Gasteiger partial charge in [-0.2, -0.15) is 0 Å². The molecule has 72 valence electrons. The van der Waals surface area contributed by atoms with Gasteiger partial charge in [-0.15, -0.1) is 11.6 Å². The summed E-state index contributed by atoms with van der Waals surface area (Å²) in [6.45, 7) is 0. The van der Waals surface area contributed by atoms with Crippen molar-refractivity contribution in [3.05, 3.63) is 17.7 Å². The zero-order valence-electron chi connectivity index (χ0n) is 7.50. The molecule has 0 aliphatic carbocycles. The predicted molar refractivity (Wildman–Crippen MR) is 50.8 cm³/mol. The third-order valence-electron chi connectivity index (χ3n) is 1.75. The number of benzene rings is 1. The summed E-state index contributed by atoms with van der Waals surface area (Å²) in [5.74, 6) is 1.38. The maximum atomic E-state index is 9.49. The minimum Gasteiger partial charge on any atom is -0.507 e. The molecule has 0 radical (unpaired) electrons. The first-order valence-corrected chi connectivity index (χ1v) is 4.26. The molecule has 0 saturated heterocycles. The molecule has 0 aliphatic rings. The van der Waals surface area contributed by atoms with Crippen LogP contribution in [0.15, 0.2) is 12.1 Å².